The zero-order valence-electron chi connectivity index (χ0n) is 9.88. The van der Waals surface area contributed by atoms with Crippen LogP contribution in [-0.2, 0) is 9.09 Å². The SMILES string of the molecule is C=CCN=CNP(=O)(OC)SSCC(C)C. The van der Waals surface area contributed by atoms with Crippen LogP contribution in [0.4, 0.5) is 0 Å². The second-order valence-corrected chi connectivity index (χ2v) is 9.62. The molecule has 0 aromatic carbocycles. The molecule has 0 aromatic heterocycles. The van der Waals surface area contributed by atoms with Crippen molar-refractivity contribution in [2.24, 2.45) is 10.9 Å². The Hall–Kier alpha value is 0.1000. The number of nitrogens with zero attached hydrogens (tertiary/aromatic N) is 1. The molecule has 0 rings (SSSR count). The summed E-state index contributed by atoms with van der Waals surface area (Å²) < 4.78 is 17.0. The highest BCUT2D eigenvalue weighted by molar-refractivity contribution is 8.99. The van der Waals surface area contributed by atoms with Crippen LogP contribution < -0.4 is 5.09 Å². The maximum absolute atomic E-state index is 12.0. The van der Waals surface area contributed by atoms with Gasteiger partial charge in [-0.2, -0.15) is 0 Å². The van der Waals surface area contributed by atoms with E-state index >= 15 is 0 Å². The first-order valence-corrected chi connectivity index (χ1v) is 9.43. The largest absolute Gasteiger partial charge is 0.361 e. The van der Waals surface area contributed by atoms with Gasteiger partial charge in [0.15, 0.2) is 0 Å². The smallest absolute Gasteiger partial charge is 0.309 e. The zero-order chi connectivity index (χ0) is 12.4. The lowest BCUT2D eigenvalue weighted by Crippen LogP contribution is -2.06. The molecular formula is C9H19N2O2PS2. The summed E-state index contributed by atoms with van der Waals surface area (Å²) in [6.07, 6.45) is 3.07. The maximum Gasteiger partial charge on any atom is 0.361 e. The van der Waals surface area contributed by atoms with Gasteiger partial charge in [0.1, 0.15) is 0 Å². The molecule has 0 aliphatic carbocycles. The first-order valence-electron chi connectivity index (χ1n) is 4.88. The van der Waals surface area contributed by atoms with E-state index < -0.39 is 6.72 Å². The number of hydrogen-bond donors (Lipinski definition) is 1. The van der Waals surface area contributed by atoms with Crippen molar-refractivity contribution < 1.29 is 9.09 Å². The number of rotatable bonds is 9. The third-order valence-electron chi connectivity index (χ3n) is 1.33. The Labute approximate surface area is 105 Å². The molecule has 1 atom stereocenters. The molecule has 0 aliphatic heterocycles. The Morgan fingerprint density at radius 3 is 2.81 bits per heavy atom. The minimum Gasteiger partial charge on any atom is -0.309 e. The predicted octanol–water partition coefficient (Wildman–Crippen LogP) is 3.58. The van der Waals surface area contributed by atoms with Gasteiger partial charge in [-0.25, -0.2) is 0 Å². The van der Waals surface area contributed by atoms with Crippen molar-refractivity contribution in [1.82, 2.24) is 5.09 Å². The van der Waals surface area contributed by atoms with Crippen LogP contribution >= 0.6 is 27.9 Å². The van der Waals surface area contributed by atoms with Crippen molar-refractivity contribution in [2.75, 3.05) is 19.4 Å². The molecule has 4 nitrogen and oxygen atoms in total. The van der Waals surface area contributed by atoms with Gasteiger partial charge in [-0.3, -0.25) is 14.6 Å². The molecule has 0 saturated carbocycles. The fourth-order valence-corrected chi connectivity index (χ4v) is 6.08. The van der Waals surface area contributed by atoms with E-state index in [1.54, 1.807) is 16.9 Å². The average Bonchev–Trinajstić information content (AvgIpc) is 2.24. The molecule has 0 radical (unpaired) electrons. The van der Waals surface area contributed by atoms with Crippen LogP contribution in [0.25, 0.3) is 0 Å². The standard InChI is InChI=1S/C9H19N2O2PS2/c1-5-6-10-8-11-14(12,13-4)16-15-7-9(2)3/h5,8-9H,1,6-7H2,2-4H3,(H,10,11,12). The third-order valence-corrected chi connectivity index (χ3v) is 8.14. The van der Waals surface area contributed by atoms with Crippen molar-refractivity contribution in [1.29, 1.82) is 0 Å². The second kappa shape index (κ2) is 9.16. The van der Waals surface area contributed by atoms with Crippen LogP contribution in [0.15, 0.2) is 17.6 Å². The van der Waals surface area contributed by atoms with E-state index in [0.717, 1.165) is 5.75 Å². The maximum atomic E-state index is 12.0. The minimum atomic E-state index is -2.85. The minimum absolute atomic E-state index is 0.501. The molecule has 0 saturated heterocycles. The number of nitrogens with one attached hydrogen (secondary N) is 1. The summed E-state index contributed by atoms with van der Waals surface area (Å²) in [4.78, 5) is 3.94. The Morgan fingerprint density at radius 1 is 1.62 bits per heavy atom. The molecule has 1 unspecified atom stereocenters. The highest BCUT2D eigenvalue weighted by Gasteiger charge is 2.21. The molecule has 0 fully saturated rings. The predicted molar refractivity (Wildman–Crippen MR) is 76.2 cm³/mol. The molecule has 0 aliphatic rings. The van der Waals surface area contributed by atoms with Crippen LogP contribution in [-0.4, -0.2) is 25.7 Å². The van der Waals surface area contributed by atoms with Crippen LogP contribution in [0.5, 0.6) is 0 Å². The highest BCUT2D eigenvalue weighted by atomic mass is 33.3. The molecule has 1 N–H and O–H groups in total. The quantitative estimate of drug-likeness (QED) is 0.230. The van der Waals surface area contributed by atoms with E-state index in [0.29, 0.717) is 12.5 Å². The van der Waals surface area contributed by atoms with Crippen LogP contribution in [0.2, 0.25) is 0 Å². The van der Waals surface area contributed by atoms with Crippen molar-refractivity contribution in [2.45, 2.75) is 13.8 Å². The summed E-state index contributed by atoms with van der Waals surface area (Å²) >= 11 is 0. The molecule has 7 heteroatoms. The first-order chi connectivity index (χ1) is 7.54. The van der Waals surface area contributed by atoms with Gasteiger partial charge in [-0.15, -0.1) is 6.58 Å². The third kappa shape index (κ3) is 8.28. The highest BCUT2D eigenvalue weighted by Crippen LogP contribution is 2.60. The molecule has 0 aromatic rings. The molecule has 0 amide bonds. The lowest BCUT2D eigenvalue weighted by atomic mass is 10.3. The van der Waals surface area contributed by atoms with Gasteiger partial charge in [0, 0.05) is 23.3 Å². The van der Waals surface area contributed by atoms with Crippen LogP contribution in [0.1, 0.15) is 13.8 Å². The van der Waals surface area contributed by atoms with Crippen LogP contribution in [0, 0.1) is 5.92 Å². The summed E-state index contributed by atoms with van der Waals surface area (Å²) in [6, 6.07) is 0. The lowest BCUT2D eigenvalue weighted by Gasteiger charge is -2.14. The van der Waals surface area contributed by atoms with Gasteiger partial charge in [0.25, 0.3) is 0 Å². The Balaban J connectivity index is 4.00. The summed E-state index contributed by atoms with van der Waals surface area (Å²) in [7, 11) is 4.20. The zero-order valence-corrected chi connectivity index (χ0v) is 12.4. The van der Waals surface area contributed by atoms with Gasteiger partial charge in [0.2, 0.25) is 0 Å². The van der Waals surface area contributed by atoms with Crippen LogP contribution in [0.3, 0.4) is 0 Å². The molecule has 16 heavy (non-hydrogen) atoms. The monoisotopic (exact) mass is 282 g/mol. The summed E-state index contributed by atoms with van der Waals surface area (Å²) in [5.74, 6) is 1.50. The van der Waals surface area contributed by atoms with Gasteiger partial charge in [0.05, 0.1) is 12.9 Å². The number of aliphatic imine (C=N–C) groups is 1. The fourth-order valence-electron chi connectivity index (χ4n) is 0.579. The van der Waals surface area contributed by atoms with Crippen molar-refractivity contribution >= 4 is 34.3 Å². The van der Waals surface area contributed by atoms with E-state index in [9.17, 15) is 4.57 Å². The molecule has 0 bridgehead atoms. The van der Waals surface area contributed by atoms with Gasteiger partial charge in [-0.1, -0.05) is 30.7 Å². The molecular weight excluding hydrogens is 263 g/mol. The fraction of sp³-hybridized carbons (Fsp3) is 0.667. The van der Waals surface area contributed by atoms with E-state index in [1.807, 2.05) is 0 Å². The van der Waals surface area contributed by atoms with Gasteiger partial charge >= 0.3 is 6.72 Å². The summed E-state index contributed by atoms with van der Waals surface area (Å²) in [5.41, 5.74) is 0. The summed E-state index contributed by atoms with van der Waals surface area (Å²) in [6.45, 7) is 5.41. The Kier molecular flexibility index (Phi) is 9.22. The number of hydrogen-bond acceptors (Lipinski definition) is 5. The van der Waals surface area contributed by atoms with Gasteiger partial charge in [-0.05, 0) is 5.92 Å². The Morgan fingerprint density at radius 2 is 2.31 bits per heavy atom. The summed E-state index contributed by atoms with van der Waals surface area (Å²) in [5, 5.41) is 2.69. The van der Waals surface area contributed by atoms with Crippen molar-refractivity contribution in [3.63, 3.8) is 0 Å². The Bertz CT molecular complexity index is 272. The average molecular weight is 282 g/mol. The molecule has 0 heterocycles. The van der Waals surface area contributed by atoms with Gasteiger partial charge < -0.3 is 4.52 Å². The van der Waals surface area contributed by atoms with Crippen molar-refractivity contribution in [3.05, 3.63) is 12.7 Å². The van der Waals surface area contributed by atoms with E-state index in [4.69, 9.17) is 4.52 Å². The second-order valence-electron chi connectivity index (χ2n) is 3.34. The first kappa shape index (κ1) is 16.1. The van der Waals surface area contributed by atoms with E-state index in [-0.39, 0.29) is 0 Å². The lowest BCUT2D eigenvalue weighted by molar-refractivity contribution is 0.406. The van der Waals surface area contributed by atoms with E-state index in [2.05, 4.69) is 30.5 Å². The molecule has 0 spiro atoms. The van der Waals surface area contributed by atoms with E-state index in [1.165, 1.54) is 23.9 Å². The topological polar surface area (TPSA) is 50.7 Å². The normalized spacial score (nSPS) is 15.2. The molecule has 94 valence electrons. The van der Waals surface area contributed by atoms with Crippen molar-refractivity contribution in [3.8, 4) is 0 Å².